The Hall–Kier alpha value is -2.88. The summed E-state index contributed by atoms with van der Waals surface area (Å²) in [6, 6.07) is 19.3. The second-order valence-electron chi connectivity index (χ2n) is 6.04. The highest BCUT2D eigenvalue weighted by molar-refractivity contribution is 6.06. The minimum Gasteiger partial charge on any atom is -0.468 e. The van der Waals surface area contributed by atoms with Crippen molar-refractivity contribution in [1.29, 1.82) is 0 Å². The Balaban J connectivity index is 2.02. The number of ether oxygens (including phenoxy) is 2. The molecular weight excluding hydrogens is 316 g/mol. The summed E-state index contributed by atoms with van der Waals surface area (Å²) >= 11 is 0. The van der Waals surface area contributed by atoms with E-state index in [9.17, 15) is 9.59 Å². The van der Waals surface area contributed by atoms with E-state index in [1.165, 1.54) is 14.2 Å². The van der Waals surface area contributed by atoms with Crippen molar-refractivity contribution in [2.45, 2.75) is 5.92 Å². The Bertz CT molecular complexity index is 764. The van der Waals surface area contributed by atoms with E-state index in [0.717, 1.165) is 11.1 Å². The summed E-state index contributed by atoms with van der Waals surface area (Å²) < 4.78 is 9.92. The van der Waals surface area contributed by atoms with Gasteiger partial charge < -0.3 is 9.47 Å². The molecule has 0 aromatic heterocycles. The van der Waals surface area contributed by atoms with Crippen molar-refractivity contribution in [1.82, 2.24) is 0 Å². The molecule has 4 nitrogen and oxygen atoms in total. The standard InChI is InChI=1S/C21H20O4/c1-24-19(22)21(20(23)25-2)17(14-13-15-9-5-3-6-10-15)18(21)16-11-7-4-8-12-16/h3-14,17-18H,1-2H3/b14-13+/t17-,18-/m1/s1. The van der Waals surface area contributed by atoms with Gasteiger partial charge in [0.05, 0.1) is 14.2 Å². The van der Waals surface area contributed by atoms with Crippen molar-refractivity contribution in [3.63, 3.8) is 0 Å². The largest absolute Gasteiger partial charge is 0.468 e. The van der Waals surface area contributed by atoms with Crippen LogP contribution in [0.15, 0.2) is 66.7 Å². The summed E-state index contributed by atoms with van der Waals surface area (Å²) in [5.74, 6) is -1.73. The van der Waals surface area contributed by atoms with Crippen molar-refractivity contribution < 1.29 is 19.1 Å². The van der Waals surface area contributed by atoms with Crippen molar-refractivity contribution in [3.8, 4) is 0 Å². The second kappa shape index (κ2) is 6.93. The van der Waals surface area contributed by atoms with Gasteiger partial charge in [-0.3, -0.25) is 9.59 Å². The molecular formula is C21H20O4. The van der Waals surface area contributed by atoms with E-state index in [-0.39, 0.29) is 11.8 Å². The predicted octanol–water partition coefficient (Wildman–Crippen LogP) is 3.45. The summed E-state index contributed by atoms with van der Waals surface area (Å²) in [6.07, 6.45) is 3.83. The number of methoxy groups -OCH3 is 2. The molecule has 0 bridgehead atoms. The third-order valence-electron chi connectivity index (χ3n) is 4.77. The van der Waals surface area contributed by atoms with Gasteiger partial charge in [0.2, 0.25) is 0 Å². The van der Waals surface area contributed by atoms with Crippen LogP contribution in [0.1, 0.15) is 17.0 Å². The predicted molar refractivity (Wildman–Crippen MR) is 94.6 cm³/mol. The van der Waals surface area contributed by atoms with Gasteiger partial charge in [0.1, 0.15) is 0 Å². The molecule has 25 heavy (non-hydrogen) atoms. The van der Waals surface area contributed by atoms with E-state index >= 15 is 0 Å². The molecule has 0 spiro atoms. The van der Waals surface area contributed by atoms with Crippen LogP contribution in [0.4, 0.5) is 0 Å². The van der Waals surface area contributed by atoms with E-state index in [0.29, 0.717) is 0 Å². The maximum atomic E-state index is 12.5. The third kappa shape index (κ3) is 2.84. The van der Waals surface area contributed by atoms with Crippen LogP contribution >= 0.6 is 0 Å². The van der Waals surface area contributed by atoms with Gasteiger partial charge in [-0.1, -0.05) is 72.8 Å². The molecule has 1 aliphatic carbocycles. The lowest BCUT2D eigenvalue weighted by molar-refractivity contribution is -0.162. The summed E-state index contributed by atoms with van der Waals surface area (Å²) in [5, 5.41) is 0. The fourth-order valence-electron chi connectivity index (χ4n) is 3.53. The van der Waals surface area contributed by atoms with Gasteiger partial charge in [-0.2, -0.15) is 0 Å². The second-order valence-corrected chi connectivity index (χ2v) is 6.04. The maximum absolute atomic E-state index is 12.5. The Morgan fingerprint density at radius 2 is 1.40 bits per heavy atom. The molecule has 0 aliphatic heterocycles. The third-order valence-corrected chi connectivity index (χ3v) is 4.77. The number of rotatable bonds is 5. The van der Waals surface area contributed by atoms with Gasteiger partial charge in [-0.05, 0) is 11.1 Å². The molecule has 128 valence electrons. The number of benzene rings is 2. The fraction of sp³-hybridized carbons (Fsp3) is 0.238. The first kappa shape index (κ1) is 17.0. The monoisotopic (exact) mass is 336 g/mol. The fourth-order valence-corrected chi connectivity index (χ4v) is 3.53. The SMILES string of the molecule is COC(=O)C1(C(=O)OC)[C@H](/C=C/c2ccccc2)[C@H]1c1ccccc1. The lowest BCUT2D eigenvalue weighted by Gasteiger charge is -2.12. The molecule has 0 N–H and O–H groups in total. The Morgan fingerprint density at radius 3 is 1.92 bits per heavy atom. The molecule has 0 saturated heterocycles. The first-order chi connectivity index (χ1) is 12.2. The van der Waals surface area contributed by atoms with Crippen molar-refractivity contribution in [3.05, 3.63) is 77.9 Å². The first-order valence-electron chi connectivity index (χ1n) is 8.11. The van der Waals surface area contributed by atoms with Crippen LogP contribution in [0.25, 0.3) is 6.08 Å². The van der Waals surface area contributed by atoms with Crippen LogP contribution in [0, 0.1) is 11.3 Å². The van der Waals surface area contributed by atoms with Crippen LogP contribution < -0.4 is 0 Å². The van der Waals surface area contributed by atoms with Gasteiger partial charge >= 0.3 is 11.9 Å². The summed E-state index contributed by atoms with van der Waals surface area (Å²) in [7, 11) is 2.59. The lowest BCUT2D eigenvalue weighted by atomic mass is 9.98. The van der Waals surface area contributed by atoms with Gasteiger partial charge in [0.25, 0.3) is 0 Å². The van der Waals surface area contributed by atoms with Crippen molar-refractivity contribution in [2.75, 3.05) is 14.2 Å². The average Bonchev–Trinajstić information content (AvgIpc) is 3.36. The molecule has 0 amide bonds. The highest BCUT2D eigenvalue weighted by Crippen LogP contribution is 2.67. The number of carbonyl (C=O) groups is 2. The van der Waals surface area contributed by atoms with Crippen LogP contribution in [0.3, 0.4) is 0 Å². The van der Waals surface area contributed by atoms with Crippen LogP contribution in [-0.2, 0) is 19.1 Å². The van der Waals surface area contributed by atoms with Crippen molar-refractivity contribution in [2.24, 2.45) is 11.3 Å². The van der Waals surface area contributed by atoms with Gasteiger partial charge in [0, 0.05) is 11.8 Å². The van der Waals surface area contributed by atoms with E-state index in [4.69, 9.17) is 9.47 Å². The van der Waals surface area contributed by atoms with Crippen LogP contribution in [-0.4, -0.2) is 26.2 Å². The Morgan fingerprint density at radius 1 is 0.880 bits per heavy atom. The average molecular weight is 336 g/mol. The molecule has 1 aliphatic rings. The smallest absolute Gasteiger partial charge is 0.324 e. The van der Waals surface area contributed by atoms with E-state index < -0.39 is 17.4 Å². The highest BCUT2D eigenvalue weighted by Gasteiger charge is 2.75. The zero-order chi connectivity index (χ0) is 17.9. The normalized spacial score (nSPS) is 20.9. The van der Waals surface area contributed by atoms with Crippen LogP contribution in [0.5, 0.6) is 0 Å². The zero-order valence-corrected chi connectivity index (χ0v) is 14.2. The topological polar surface area (TPSA) is 52.6 Å². The van der Waals surface area contributed by atoms with Crippen molar-refractivity contribution >= 4 is 18.0 Å². The first-order valence-corrected chi connectivity index (χ1v) is 8.11. The molecule has 2 atom stereocenters. The van der Waals surface area contributed by atoms with Crippen LogP contribution in [0.2, 0.25) is 0 Å². The zero-order valence-electron chi connectivity index (χ0n) is 14.2. The van der Waals surface area contributed by atoms with Gasteiger partial charge in [0.15, 0.2) is 5.41 Å². The molecule has 2 aromatic carbocycles. The van der Waals surface area contributed by atoms with E-state index in [1.54, 1.807) is 0 Å². The molecule has 0 radical (unpaired) electrons. The summed E-state index contributed by atoms with van der Waals surface area (Å²) in [6.45, 7) is 0. The minimum atomic E-state index is -1.32. The van der Waals surface area contributed by atoms with E-state index in [1.807, 2.05) is 72.8 Å². The van der Waals surface area contributed by atoms with Gasteiger partial charge in [-0.15, -0.1) is 0 Å². The highest BCUT2D eigenvalue weighted by atomic mass is 16.5. The molecule has 1 fully saturated rings. The molecule has 2 aromatic rings. The quantitative estimate of drug-likeness (QED) is 0.620. The van der Waals surface area contributed by atoms with E-state index in [2.05, 4.69) is 0 Å². The summed E-state index contributed by atoms with van der Waals surface area (Å²) in [4.78, 5) is 25.1. The molecule has 0 unspecified atom stereocenters. The maximum Gasteiger partial charge on any atom is 0.324 e. The Kier molecular flexibility index (Phi) is 4.70. The molecule has 1 saturated carbocycles. The molecule has 0 heterocycles. The lowest BCUT2D eigenvalue weighted by Crippen LogP contribution is -2.31. The Labute approximate surface area is 147 Å². The molecule has 4 heteroatoms. The number of hydrogen-bond acceptors (Lipinski definition) is 4. The van der Waals surface area contributed by atoms with Gasteiger partial charge in [-0.25, -0.2) is 0 Å². The summed E-state index contributed by atoms with van der Waals surface area (Å²) in [5.41, 5.74) is 0.599. The number of allylic oxidation sites excluding steroid dienone is 1. The minimum absolute atomic E-state index is 0.298. The molecule has 3 rings (SSSR count). The number of hydrogen-bond donors (Lipinski definition) is 0. The number of carbonyl (C=O) groups excluding carboxylic acids is 2. The number of esters is 2.